The van der Waals surface area contributed by atoms with E-state index in [0.717, 1.165) is 5.75 Å². The van der Waals surface area contributed by atoms with Crippen molar-refractivity contribution in [2.24, 2.45) is 0 Å². The van der Waals surface area contributed by atoms with E-state index in [1.807, 2.05) is 30.3 Å². The SMILES string of the molecule is c1ccc(OCCOc2ccn[nH]2)cc1. The predicted octanol–water partition coefficient (Wildman–Crippen LogP) is 1.87. The average Bonchev–Trinajstić information content (AvgIpc) is 2.79. The lowest BCUT2D eigenvalue weighted by Gasteiger charge is -2.06. The van der Waals surface area contributed by atoms with Crippen molar-refractivity contribution >= 4 is 0 Å². The van der Waals surface area contributed by atoms with E-state index in [1.54, 1.807) is 12.3 Å². The topological polar surface area (TPSA) is 47.1 Å². The van der Waals surface area contributed by atoms with Gasteiger partial charge in [-0.25, -0.2) is 5.10 Å². The zero-order chi connectivity index (χ0) is 10.3. The Hall–Kier alpha value is -1.97. The second-order valence-corrected chi connectivity index (χ2v) is 2.93. The van der Waals surface area contributed by atoms with Crippen LogP contribution in [0.5, 0.6) is 11.6 Å². The summed E-state index contributed by atoms with van der Waals surface area (Å²) >= 11 is 0. The van der Waals surface area contributed by atoms with Crippen molar-refractivity contribution in [2.45, 2.75) is 0 Å². The van der Waals surface area contributed by atoms with Crippen LogP contribution in [0.3, 0.4) is 0 Å². The molecule has 0 saturated carbocycles. The highest BCUT2D eigenvalue weighted by Crippen LogP contribution is 2.08. The number of nitrogens with one attached hydrogen (secondary N) is 1. The third kappa shape index (κ3) is 3.02. The van der Waals surface area contributed by atoms with Gasteiger partial charge in [-0.1, -0.05) is 18.2 Å². The van der Waals surface area contributed by atoms with Crippen molar-refractivity contribution in [3.05, 3.63) is 42.6 Å². The number of hydrogen-bond acceptors (Lipinski definition) is 3. The molecule has 1 heterocycles. The lowest BCUT2D eigenvalue weighted by molar-refractivity contribution is 0.212. The van der Waals surface area contributed by atoms with Crippen LogP contribution in [0.4, 0.5) is 0 Å². The molecular weight excluding hydrogens is 192 g/mol. The molecule has 15 heavy (non-hydrogen) atoms. The number of aromatic amines is 1. The maximum atomic E-state index is 5.44. The Balaban J connectivity index is 1.68. The largest absolute Gasteiger partial charge is 0.490 e. The second kappa shape index (κ2) is 5.05. The minimum absolute atomic E-state index is 0.497. The first-order valence-corrected chi connectivity index (χ1v) is 4.75. The van der Waals surface area contributed by atoms with E-state index in [1.165, 1.54) is 0 Å². The molecule has 0 aliphatic carbocycles. The van der Waals surface area contributed by atoms with Gasteiger partial charge in [0.1, 0.15) is 19.0 Å². The number of aromatic nitrogens is 2. The standard InChI is InChI=1S/C11H12N2O2/c1-2-4-10(5-3-1)14-8-9-15-11-6-7-12-13-11/h1-7H,8-9H2,(H,12,13). The Morgan fingerprint density at radius 3 is 2.53 bits per heavy atom. The van der Waals surface area contributed by atoms with Crippen molar-refractivity contribution in [3.63, 3.8) is 0 Å². The molecule has 1 aromatic heterocycles. The van der Waals surface area contributed by atoms with Crippen molar-refractivity contribution in [3.8, 4) is 11.6 Å². The van der Waals surface area contributed by atoms with Crippen molar-refractivity contribution < 1.29 is 9.47 Å². The van der Waals surface area contributed by atoms with Gasteiger partial charge in [-0.15, -0.1) is 0 Å². The highest BCUT2D eigenvalue weighted by molar-refractivity contribution is 5.20. The molecule has 0 aliphatic rings. The molecule has 0 saturated heterocycles. The van der Waals surface area contributed by atoms with Gasteiger partial charge < -0.3 is 9.47 Å². The van der Waals surface area contributed by atoms with E-state index in [-0.39, 0.29) is 0 Å². The number of hydrogen-bond donors (Lipinski definition) is 1. The predicted molar refractivity (Wildman–Crippen MR) is 56.0 cm³/mol. The van der Waals surface area contributed by atoms with Gasteiger partial charge in [0.15, 0.2) is 0 Å². The van der Waals surface area contributed by atoms with Gasteiger partial charge in [0, 0.05) is 6.07 Å². The maximum absolute atomic E-state index is 5.44. The summed E-state index contributed by atoms with van der Waals surface area (Å²) in [6, 6.07) is 11.4. The quantitative estimate of drug-likeness (QED) is 0.756. The normalized spacial score (nSPS) is 9.87. The van der Waals surface area contributed by atoms with Crippen molar-refractivity contribution in [1.82, 2.24) is 10.2 Å². The fraction of sp³-hybridized carbons (Fsp3) is 0.182. The minimum Gasteiger partial charge on any atom is -0.490 e. The number of rotatable bonds is 5. The van der Waals surface area contributed by atoms with E-state index in [0.29, 0.717) is 19.1 Å². The van der Waals surface area contributed by atoms with E-state index in [2.05, 4.69) is 10.2 Å². The molecule has 0 unspecified atom stereocenters. The zero-order valence-corrected chi connectivity index (χ0v) is 8.22. The summed E-state index contributed by atoms with van der Waals surface area (Å²) in [5.41, 5.74) is 0. The number of H-pyrrole nitrogens is 1. The van der Waals surface area contributed by atoms with Crippen LogP contribution >= 0.6 is 0 Å². The third-order valence-electron chi connectivity index (χ3n) is 1.83. The first-order chi connectivity index (χ1) is 7.45. The van der Waals surface area contributed by atoms with Crippen molar-refractivity contribution in [2.75, 3.05) is 13.2 Å². The molecule has 0 amide bonds. The van der Waals surface area contributed by atoms with E-state index < -0.39 is 0 Å². The number of ether oxygens (including phenoxy) is 2. The van der Waals surface area contributed by atoms with Crippen LogP contribution in [0, 0.1) is 0 Å². The molecule has 78 valence electrons. The fourth-order valence-electron chi connectivity index (χ4n) is 1.15. The molecule has 0 spiro atoms. The van der Waals surface area contributed by atoms with Crippen molar-refractivity contribution in [1.29, 1.82) is 0 Å². The van der Waals surface area contributed by atoms with E-state index >= 15 is 0 Å². The highest BCUT2D eigenvalue weighted by Gasteiger charge is 1.94. The molecule has 2 aromatic rings. The molecule has 0 aliphatic heterocycles. The van der Waals surface area contributed by atoms with Crippen LogP contribution in [0.1, 0.15) is 0 Å². The number of benzene rings is 1. The summed E-state index contributed by atoms with van der Waals surface area (Å²) in [6.07, 6.45) is 1.65. The van der Waals surface area contributed by atoms with Gasteiger partial charge in [-0.05, 0) is 12.1 Å². The van der Waals surface area contributed by atoms with Crippen LogP contribution in [-0.4, -0.2) is 23.4 Å². The van der Waals surface area contributed by atoms with E-state index in [9.17, 15) is 0 Å². The lowest BCUT2D eigenvalue weighted by atomic mass is 10.3. The monoisotopic (exact) mass is 204 g/mol. The van der Waals surface area contributed by atoms with Gasteiger partial charge in [-0.3, -0.25) is 0 Å². The summed E-state index contributed by atoms with van der Waals surface area (Å²) in [5.74, 6) is 1.51. The molecule has 1 aromatic carbocycles. The van der Waals surface area contributed by atoms with Gasteiger partial charge in [0.2, 0.25) is 5.88 Å². The number of para-hydroxylation sites is 1. The average molecular weight is 204 g/mol. The summed E-state index contributed by atoms with van der Waals surface area (Å²) < 4.78 is 10.8. The first kappa shape index (κ1) is 9.58. The Bertz CT molecular complexity index is 373. The van der Waals surface area contributed by atoms with Gasteiger partial charge in [-0.2, -0.15) is 5.10 Å². The van der Waals surface area contributed by atoms with Crippen LogP contribution in [0.15, 0.2) is 42.6 Å². The lowest BCUT2D eigenvalue weighted by Crippen LogP contribution is -2.09. The fourth-order valence-corrected chi connectivity index (χ4v) is 1.15. The Morgan fingerprint density at radius 1 is 1.00 bits per heavy atom. The van der Waals surface area contributed by atoms with Gasteiger partial charge >= 0.3 is 0 Å². The van der Waals surface area contributed by atoms with Crippen LogP contribution in [-0.2, 0) is 0 Å². The Labute approximate surface area is 87.8 Å². The second-order valence-electron chi connectivity index (χ2n) is 2.93. The summed E-state index contributed by atoms with van der Waals surface area (Å²) in [4.78, 5) is 0. The number of nitrogens with zero attached hydrogens (tertiary/aromatic N) is 1. The summed E-state index contributed by atoms with van der Waals surface area (Å²) in [6.45, 7) is 1.01. The molecule has 0 bridgehead atoms. The minimum atomic E-state index is 0.497. The zero-order valence-electron chi connectivity index (χ0n) is 8.22. The van der Waals surface area contributed by atoms with Crippen LogP contribution in [0.25, 0.3) is 0 Å². The van der Waals surface area contributed by atoms with Crippen LogP contribution < -0.4 is 9.47 Å². The van der Waals surface area contributed by atoms with E-state index in [4.69, 9.17) is 9.47 Å². The summed E-state index contributed by atoms with van der Waals surface area (Å²) in [7, 11) is 0. The molecule has 4 nitrogen and oxygen atoms in total. The molecule has 0 fully saturated rings. The molecule has 4 heteroatoms. The highest BCUT2D eigenvalue weighted by atomic mass is 16.5. The Morgan fingerprint density at radius 2 is 1.80 bits per heavy atom. The van der Waals surface area contributed by atoms with Gasteiger partial charge in [0.25, 0.3) is 0 Å². The molecule has 0 radical (unpaired) electrons. The molecular formula is C11H12N2O2. The third-order valence-corrected chi connectivity index (χ3v) is 1.83. The summed E-state index contributed by atoms with van der Waals surface area (Å²) in [5, 5.41) is 6.48. The molecule has 1 N–H and O–H groups in total. The first-order valence-electron chi connectivity index (χ1n) is 4.75. The molecule has 0 atom stereocenters. The smallest absolute Gasteiger partial charge is 0.209 e. The Kier molecular flexibility index (Phi) is 3.22. The molecule has 2 rings (SSSR count). The maximum Gasteiger partial charge on any atom is 0.209 e. The van der Waals surface area contributed by atoms with Crippen LogP contribution in [0.2, 0.25) is 0 Å². The van der Waals surface area contributed by atoms with Gasteiger partial charge in [0.05, 0.1) is 6.20 Å².